The van der Waals surface area contributed by atoms with Crippen molar-refractivity contribution in [3.05, 3.63) is 29.3 Å². The molecular formula is C13H13N3O. The molecule has 4 heteroatoms. The van der Waals surface area contributed by atoms with Gasteiger partial charge in [0, 0.05) is 6.54 Å². The van der Waals surface area contributed by atoms with Crippen LogP contribution in [0, 0.1) is 28.6 Å². The van der Waals surface area contributed by atoms with Crippen LogP contribution in [-0.2, 0) is 0 Å². The molecule has 86 valence electrons. The van der Waals surface area contributed by atoms with Crippen molar-refractivity contribution in [2.75, 3.05) is 11.9 Å². The van der Waals surface area contributed by atoms with Crippen LogP contribution in [0.25, 0.3) is 0 Å². The van der Waals surface area contributed by atoms with E-state index in [1.807, 2.05) is 12.1 Å². The Kier molecular flexibility index (Phi) is 3.27. The van der Waals surface area contributed by atoms with Gasteiger partial charge in [-0.25, -0.2) is 0 Å². The summed E-state index contributed by atoms with van der Waals surface area (Å²) in [4.78, 5) is 0. The molecule has 1 fully saturated rings. The lowest BCUT2D eigenvalue weighted by Crippen LogP contribution is -2.22. The van der Waals surface area contributed by atoms with Crippen molar-refractivity contribution in [2.24, 2.45) is 5.92 Å². The van der Waals surface area contributed by atoms with Crippen LogP contribution in [0.3, 0.4) is 0 Å². The Morgan fingerprint density at radius 2 is 1.88 bits per heavy atom. The van der Waals surface area contributed by atoms with Gasteiger partial charge < -0.3 is 10.4 Å². The van der Waals surface area contributed by atoms with Crippen molar-refractivity contribution in [2.45, 2.75) is 18.9 Å². The van der Waals surface area contributed by atoms with Gasteiger partial charge in [-0.05, 0) is 30.9 Å². The summed E-state index contributed by atoms with van der Waals surface area (Å²) >= 11 is 0. The van der Waals surface area contributed by atoms with E-state index in [0.29, 0.717) is 29.3 Å². The summed E-state index contributed by atoms with van der Waals surface area (Å²) in [5.74, 6) is 0.377. The van der Waals surface area contributed by atoms with Crippen molar-refractivity contribution in [3.8, 4) is 12.1 Å². The minimum atomic E-state index is -0.395. The summed E-state index contributed by atoms with van der Waals surface area (Å²) in [6.07, 6.45) is 1.73. The molecule has 0 heterocycles. The third kappa shape index (κ3) is 2.55. The lowest BCUT2D eigenvalue weighted by Gasteiger charge is -2.13. The van der Waals surface area contributed by atoms with E-state index >= 15 is 0 Å². The van der Waals surface area contributed by atoms with E-state index in [4.69, 9.17) is 10.5 Å². The van der Waals surface area contributed by atoms with E-state index in [2.05, 4.69) is 5.32 Å². The molecule has 2 rings (SSSR count). The van der Waals surface area contributed by atoms with Crippen LogP contribution in [0.15, 0.2) is 18.2 Å². The summed E-state index contributed by atoms with van der Waals surface area (Å²) in [5, 5.41) is 30.7. The van der Waals surface area contributed by atoms with Gasteiger partial charge in [-0.2, -0.15) is 10.5 Å². The topological polar surface area (TPSA) is 79.8 Å². The van der Waals surface area contributed by atoms with E-state index < -0.39 is 6.10 Å². The molecule has 1 saturated carbocycles. The molecule has 1 aromatic carbocycles. The Balaban J connectivity index is 2.13. The first-order chi connectivity index (χ1) is 8.26. The fourth-order valence-electron chi connectivity index (χ4n) is 1.78. The molecule has 0 saturated heterocycles. The standard InChI is InChI=1S/C13H13N3O/c14-6-10-2-1-3-11(7-15)13(10)16-8-12(17)9-4-5-9/h1-3,9,12,16-17H,4-5,8H2. The maximum atomic E-state index is 9.75. The molecule has 1 aliphatic rings. The van der Waals surface area contributed by atoms with Gasteiger partial charge in [-0.15, -0.1) is 0 Å². The fraction of sp³-hybridized carbons (Fsp3) is 0.385. The monoisotopic (exact) mass is 227 g/mol. The molecule has 0 amide bonds. The number of aliphatic hydroxyl groups excluding tert-OH is 1. The highest BCUT2D eigenvalue weighted by atomic mass is 16.3. The average molecular weight is 227 g/mol. The van der Waals surface area contributed by atoms with Crippen LogP contribution in [0.5, 0.6) is 0 Å². The zero-order valence-electron chi connectivity index (χ0n) is 9.35. The zero-order chi connectivity index (χ0) is 12.3. The third-order valence-electron chi connectivity index (χ3n) is 2.96. The molecule has 1 aromatic rings. The van der Waals surface area contributed by atoms with Gasteiger partial charge in [0.1, 0.15) is 12.1 Å². The third-order valence-corrected chi connectivity index (χ3v) is 2.96. The van der Waals surface area contributed by atoms with Gasteiger partial charge >= 0.3 is 0 Å². The van der Waals surface area contributed by atoms with Gasteiger partial charge in [-0.1, -0.05) is 6.07 Å². The number of nitrogens with one attached hydrogen (secondary N) is 1. The molecule has 1 unspecified atom stereocenters. The average Bonchev–Trinajstić information content (AvgIpc) is 3.19. The molecule has 1 atom stereocenters. The van der Waals surface area contributed by atoms with Gasteiger partial charge in [0.2, 0.25) is 0 Å². The number of nitrogens with zero attached hydrogens (tertiary/aromatic N) is 2. The molecule has 0 spiro atoms. The number of para-hydroxylation sites is 1. The molecule has 0 radical (unpaired) electrons. The molecule has 0 aliphatic heterocycles. The Labute approximate surface area is 100 Å². The summed E-state index contributed by atoms with van der Waals surface area (Å²) in [6, 6.07) is 9.09. The summed E-state index contributed by atoms with van der Waals surface area (Å²) in [5.41, 5.74) is 1.40. The maximum Gasteiger partial charge on any atom is 0.101 e. The van der Waals surface area contributed by atoms with Gasteiger partial charge in [0.25, 0.3) is 0 Å². The van der Waals surface area contributed by atoms with Crippen molar-refractivity contribution >= 4 is 5.69 Å². The second-order valence-corrected chi connectivity index (χ2v) is 4.24. The van der Waals surface area contributed by atoms with Crippen molar-refractivity contribution in [1.82, 2.24) is 0 Å². The second kappa shape index (κ2) is 4.86. The highest BCUT2D eigenvalue weighted by Crippen LogP contribution is 2.32. The fourth-order valence-corrected chi connectivity index (χ4v) is 1.78. The molecule has 2 N–H and O–H groups in total. The first-order valence-corrected chi connectivity index (χ1v) is 5.61. The van der Waals surface area contributed by atoms with Crippen LogP contribution in [0.2, 0.25) is 0 Å². The molecule has 4 nitrogen and oxygen atoms in total. The van der Waals surface area contributed by atoms with Gasteiger partial charge in [0.15, 0.2) is 0 Å². The van der Waals surface area contributed by atoms with Crippen LogP contribution >= 0.6 is 0 Å². The lowest BCUT2D eigenvalue weighted by atomic mass is 10.1. The minimum Gasteiger partial charge on any atom is -0.391 e. The van der Waals surface area contributed by atoms with Crippen molar-refractivity contribution in [1.29, 1.82) is 10.5 Å². The van der Waals surface area contributed by atoms with Crippen molar-refractivity contribution < 1.29 is 5.11 Å². The minimum absolute atomic E-state index is 0.377. The summed E-state index contributed by atoms with van der Waals surface area (Å²) in [7, 11) is 0. The van der Waals surface area contributed by atoms with Crippen LogP contribution in [-0.4, -0.2) is 17.8 Å². The number of anilines is 1. The quantitative estimate of drug-likeness (QED) is 0.819. The molecule has 0 bridgehead atoms. The van der Waals surface area contributed by atoms with Crippen LogP contribution in [0.1, 0.15) is 24.0 Å². The first-order valence-electron chi connectivity index (χ1n) is 5.61. The predicted molar refractivity (Wildman–Crippen MR) is 63.1 cm³/mol. The number of benzene rings is 1. The van der Waals surface area contributed by atoms with E-state index in [-0.39, 0.29) is 0 Å². The van der Waals surface area contributed by atoms with E-state index in [9.17, 15) is 5.11 Å². The Hall–Kier alpha value is -2.04. The predicted octanol–water partition coefficient (Wildman–Crippen LogP) is 1.61. The number of nitriles is 2. The number of aliphatic hydroxyl groups is 1. The highest BCUT2D eigenvalue weighted by Gasteiger charge is 2.29. The highest BCUT2D eigenvalue weighted by molar-refractivity contribution is 5.66. The van der Waals surface area contributed by atoms with Gasteiger partial charge in [0.05, 0.1) is 22.9 Å². The zero-order valence-corrected chi connectivity index (χ0v) is 9.35. The number of hydrogen-bond acceptors (Lipinski definition) is 4. The Morgan fingerprint density at radius 3 is 2.35 bits per heavy atom. The van der Waals surface area contributed by atoms with Crippen molar-refractivity contribution in [3.63, 3.8) is 0 Å². The SMILES string of the molecule is N#Cc1cccc(C#N)c1NCC(O)C1CC1. The molecule has 0 aromatic heterocycles. The molecule has 1 aliphatic carbocycles. The lowest BCUT2D eigenvalue weighted by molar-refractivity contribution is 0.164. The van der Waals surface area contributed by atoms with E-state index in [1.54, 1.807) is 18.2 Å². The largest absolute Gasteiger partial charge is 0.391 e. The van der Waals surface area contributed by atoms with E-state index in [1.165, 1.54) is 0 Å². The second-order valence-electron chi connectivity index (χ2n) is 4.24. The smallest absolute Gasteiger partial charge is 0.101 e. The molecule has 17 heavy (non-hydrogen) atoms. The van der Waals surface area contributed by atoms with Crippen LogP contribution < -0.4 is 5.32 Å². The normalized spacial score (nSPS) is 15.7. The van der Waals surface area contributed by atoms with Gasteiger partial charge in [-0.3, -0.25) is 0 Å². The summed E-state index contributed by atoms with van der Waals surface area (Å²) in [6.45, 7) is 0.387. The Bertz CT molecular complexity index is 462. The first kappa shape index (κ1) is 11.4. The number of rotatable bonds is 4. The van der Waals surface area contributed by atoms with Crippen LogP contribution in [0.4, 0.5) is 5.69 Å². The summed E-state index contributed by atoms with van der Waals surface area (Å²) < 4.78 is 0. The Morgan fingerprint density at radius 1 is 1.29 bits per heavy atom. The number of hydrogen-bond donors (Lipinski definition) is 2. The molecular weight excluding hydrogens is 214 g/mol. The van der Waals surface area contributed by atoms with E-state index in [0.717, 1.165) is 12.8 Å². The maximum absolute atomic E-state index is 9.75.